The molecule has 6 nitrogen and oxygen atoms in total. The van der Waals surface area contributed by atoms with E-state index in [1.54, 1.807) is 24.9 Å². The van der Waals surface area contributed by atoms with Crippen molar-refractivity contribution in [2.45, 2.75) is 13.5 Å². The first-order chi connectivity index (χ1) is 11.5. The smallest absolute Gasteiger partial charge is 0.341 e. The number of nitrogens with one attached hydrogen (secondary N) is 1. The number of furan rings is 1. The number of likely N-dealkylation sites (N-methyl/N-ethyl adjacent to an activating group) is 1. The highest BCUT2D eigenvalue weighted by Crippen LogP contribution is 2.14. The molecule has 1 aromatic carbocycles. The largest absolute Gasteiger partial charge is 0.467 e. The monoisotopic (exact) mass is 334 g/mol. The Balaban J connectivity index is 1.90. The highest BCUT2D eigenvalue weighted by Gasteiger charge is 2.18. The van der Waals surface area contributed by atoms with Crippen LogP contribution in [0.5, 0.6) is 0 Å². The predicted molar refractivity (Wildman–Crippen MR) is 86.0 cm³/mol. The van der Waals surface area contributed by atoms with Crippen LogP contribution in [0.4, 0.5) is 10.1 Å². The molecule has 1 N–H and O–H groups in total. The van der Waals surface area contributed by atoms with Crippen LogP contribution in [-0.2, 0) is 16.1 Å². The van der Waals surface area contributed by atoms with E-state index in [9.17, 15) is 14.0 Å². The molecule has 0 aliphatic rings. The quantitative estimate of drug-likeness (QED) is 0.788. The summed E-state index contributed by atoms with van der Waals surface area (Å²) in [5.74, 6) is -0.640. The maximum atomic E-state index is 12.8. The summed E-state index contributed by atoms with van der Waals surface area (Å²) >= 11 is 0. The zero-order valence-corrected chi connectivity index (χ0v) is 13.5. The lowest BCUT2D eigenvalue weighted by molar-refractivity contribution is -0.117. The molecule has 2 rings (SSSR count). The van der Waals surface area contributed by atoms with Gasteiger partial charge in [0.1, 0.15) is 17.1 Å². The number of rotatable bonds is 7. The third-order valence-electron chi connectivity index (χ3n) is 3.20. The molecule has 1 heterocycles. The number of carbonyl (C=O) groups excluding carboxylic acids is 2. The number of anilines is 1. The molecule has 1 amide bonds. The van der Waals surface area contributed by atoms with Crippen molar-refractivity contribution in [3.8, 4) is 0 Å². The van der Waals surface area contributed by atoms with Gasteiger partial charge < -0.3 is 14.5 Å². The summed E-state index contributed by atoms with van der Waals surface area (Å²) in [6.07, 6.45) is 1.41. The molecule has 0 radical (unpaired) electrons. The number of hydrogen-bond donors (Lipinski definition) is 1. The molecule has 24 heavy (non-hydrogen) atoms. The van der Waals surface area contributed by atoms with E-state index < -0.39 is 5.97 Å². The molecule has 0 atom stereocenters. The van der Waals surface area contributed by atoms with Crippen molar-refractivity contribution in [1.29, 1.82) is 0 Å². The van der Waals surface area contributed by atoms with Crippen LogP contribution in [0.3, 0.4) is 0 Å². The van der Waals surface area contributed by atoms with E-state index in [2.05, 4.69) is 5.32 Å². The maximum Gasteiger partial charge on any atom is 0.341 e. The lowest BCUT2D eigenvalue weighted by Gasteiger charge is -2.15. The van der Waals surface area contributed by atoms with Gasteiger partial charge >= 0.3 is 5.97 Å². The SMILES string of the molecule is CCOC(=O)c1ccoc1CN(C)CC(=O)Nc1ccc(F)cc1. The molecule has 0 saturated carbocycles. The van der Waals surface area contributed by atoms with E-state index in [1.807, 2.05) is 0 Å². The fourth-order valence-corrected chi connectivity index (χ4v) is 2.13. The maximum absolute atomic E-state index is 12.8. The van der Waals surface area contributed by atoms with E-state index >= 15 is 0 Å². The van der Waals surface area contributed by atoms with Crippen molar-refractivity contribution in [1.82, 2.24) is 4.90 Å². The molecule has 0 bridgehead atoms. The van der Waals surface area contributed by atoms with Crippen LogP contribution in [-0.4, -0.2) is 37.0 Å². The minimum Gasteiger partial charge on any atom is -0.467 e. The Hall–Kier alpha value is -2.67. The number of esters is 1. The summed E-state index contributed by atoms with van der Waals surface area (Å²) < 4.78 is 23.1. The molecular formula is C17H19FN2O4. The van der Waals surface area contributed by atoms with Gasteiger partial charge in [-0.15, -0.1) is 0 Å². The standard InChI is InChI=1S/C17H19FN2O4/c1-3-23-17(22)14-8-9-24-15(14)10-20(2)11-16(21)19-13-6-4-12(18)5-7-13/h4-9H,3,10-11H2,1-2H3,(H,19,21). The van der Waals surface area contributed by atoms with Gasteiger partial charge in [-0.2, -0.15) is 0 Å². The molecule has 0 fully saturated rings. The molecule has 0 spiro atoms. The first-order valence-electron chi connectivity index (χ1n) is 7.47. The van der Waals surface area contributed by atoms with E-state index in [-0.39, 0.29) is 31.4 Å². The second-order valence-electron chi connectivity index (χ2n) is 5.21. The Bertz CT molecular complexity index is 697. The van der Waals surface area contributed by atoms with Crippen LogP contribution in [0.1, 0.15) is 23.0 Å². The molecule has 7 heteroatoms. The van der Waals surface area contributed by atoms with Crippen LogP contribution < -0.4 is 5.32 Å². The first-order valence-corrected chi connectivity index (χ1v) is 7.47. The minimum absolute atomic E-state index is 0.0837. The fraction of sp³-hybridized carbons (Fsp3) is 0.294. The molecule has 0 aliphatic heterocycles. The summed E-state index contributed by atoms with van der Waals surface area (Å²) in [5, 5.41) is 2.67. The second-order valence-corrected chi connectivity index (χ2v) is 5.21. The third kappa shape index (κ3) is 4.92. The van der Waals surface area contributed by atoms with Gasteiger partial charge in [-0.1, -0.05) is 0 Å². The first kappa shape index (κ1) is 17.7. The van der Waals surface area contributed by atoms with Crippen molar-refractivity contribution >= 4 is 17.6 Å². The molecule has 2 aromatic rings. The van der Waals surface area contributed by atoms with Crippen LogP contribution >= 0.6 is 0 Å². The van der Waals surface area contributed by atoms with Crippen LogP contribution in [0.15, 0.2) is 41.0 Å². The summed E-state index contributed by atoms with van der Waals surface area (Å²) in [5.41, 5.74) is 0.864. The summed E-state index contributed by atoms with van der Waals surface area (Å²) in [7, 11) is 1.72. The highest BCUT2D eigenvalue weighted by molar-refractivity contribution is 5.92. The normalized spacial score (nSPS) is 10.7. The van der Waals surface area contributed by atoms with Gasteiger partial charge in [0.25, 0.3) is 0 Å². The van der Waals surface area contributed by atoms with E-state index in [1.165, 1.54) is 30.5 Å². The van der Waals surface area contributed by atoms with Crippen LogP contribution in [0.2, 0.25) is 0 Å². The summed E-state index contributed by atoms with van der Waals surface area (Å²) in [6.45, 7) is 2.36. The lowest BCUT2D eigenvalue weighted by Crippen LogP contribution is -2.30. The fourth-order valence-electron chi connectivity index (χ4n) is 2.13. The van der Waals surface area contributed by atoms with Gasteiger partial charge in [0.15, 0.2) is 0 Å². The van der Waals surface area contributed by atoms with Crippen molar-refractivity contribution in [3.05, 3.63) is 53.7 Å². The van der Waals surface area contributed by atoms with Gasteiger partial charge in [-0.3, -0.25) is 9.69 Å². The molecule has 0 unspecified atom stereocenters. The van der Waals surface area contributed by atoms with Crippen LogP contribution in [0, 0.1) is 5.82 Å². The Morgan fingerprint density at radius 3 is 2.62 bits per heavy atom. The van der Waals surface area contributed by atoms with Gasteiger partial charge in [-0.05, 0) is 44.3 Å². The minimum atomic E-state index is -0.453. The molecule has 0 aliphatic carbocycles. The number of halogens is 1. The van der Waals surface area contributed by atoms with Gasteiger partial charge in [0.2, 0.25) is 5.91 Å². The van der Waals surface area contributed by atoms with E-state index in [0.717, 1.165) is 0 Å². The summed E-state index contributed by atoms with van der Waals surface area (Å²) in [6, 6.07) is 7.05. The van der Waals surface area contributed by atoms with Crippen LogP contribution in [0.25, 0.3) is 0 Å². The number of carbonyl (C=O) groups is 2. The number of benzene rings is 1. The zero-order valence-electron chi connectivity index (χ0n) is 13.5. The van der Waals surface area contributed by atoms with Crippen molar-refractivity contribution in [3.63, 3.8) is 0 Å². The average Bonchev–Trinajstić information content (AvgIpc) is 2.97. The van der Waals surface area contributed by atoms with Gasteiger partial charge in [0, 0.05) is 5.69 Å². The van der Waals surface area contributed by atoms with E-state index in [4.69, 9.17) is 9.15 Å². The molecular weight excluding hydrogens is 315 g/mol. The Kier molecular flexibility index (Phi) is 6.08. The Morgan fingerprint density at radius 1 is 1.25 bits per heavy atom. The third-order valence-corrected chi connectivity index (χ3v) is 3.20. The lowest BCUT2D eigenvalue weighted by atomic mass is 10.2. The number of nitrogens with zero attached hydrogens (tertiary/aromatic N) is 1. The topological polar surface area (TPSA) is 71.8 Å². The number of ether oxygens (including phenoxy) is 1. The Morgan fingerprint density at radius 2 is 1.96 bits per heavy atom. The average molecular weight is 334 g/mol. The highest BCUT2D eigenvalue weighted by atomic mass is 19.1. The number of hydrogen-bond acceptors (Lipinski definition) is 5. The van der Waals surface area contributed by atoms with Crippen molar-refractivity contribution in [2.75, 3.05) is 25.5 Å². The molecule has 1 aromatic heterocycles. The van der Waals surface area contributed by atoms with Gasteiger partial charge in [0.05, 0.1) is 26.0 Å². The Labute approximate surface area is 139 Å². The van der Waals surface area contributed by atoms with Gasteiger partial charge in [-0.25, -0.2) is 9.18 Å². The zero-order chi connectivity index (χ0) is 17.5. The molecule has 0 saturated heterocycles. The van der Waals surface area contributed by atoms with Crippen molar-refractivity contribution in [2.24, 2.45) is 0 Å². The van der Waals surface area contributed by atoms with Crippen molar-refractivity contribution < 1.29 is 23.1 Å². The predicted octanol–water partition coefficient (Wildman–Crippen LogP) is 2.67. The molecule has 128 valence electrons. The van der Waals surface area contributed by atoms with E-state index in [0.29, 0.717) is 17.0 Å². The summed E-state index contributed by atoms with van der Waals surface area (Å²) in [4.78, 5) is 25.5. The number of amides is 1. The second kappa shape index (κ2) is 8.26.